The number of carbonyl (C=O) groups is 1. The van der Waals surface area contributed by atoms with Gasteiger partial charge >= 0.3 is 0 Å². The van der Waals surface area contributed by atoms with Crippen molar-refractivity contribution in [3.8, 4) is 0 Å². The van der Waals surface area contributed by atoms with Crippen molar-refractivity contribution in [3.05, 3.63) is 34.9 Å². The second kappa shape index (κ2) is 3.67. The number of thioether (sulfide) groups is 1. The fraction of sp³-hybridized carbons (Fsp3) is 0.462. The van der Waals surface area contributed by atoms with E-state index >= 15 is 0 Å². The molecule has 1 spiro atoms. The van der Waals surface area contributed by atoms with E-state index in [9.17, 15) is 4.79 Å². The normalized spacial score (nSPS) is 31.1. The summed E-state index contributed by atoms with van der Waals surface area (Å²) < 4.78 is -0.289. The predicted octanol–water partition coefficient (Wildman–Crippen LogP) is 3.28. The Morgan fingerprint density at radius 3 is 2.60 bits per heavy atom. The van der Waals surface area contributed by atoms with Gasteiger partial charge in [-0.3, -0.25) is 4.79 Å². The molecule has 1 unspecified atom stereocenters. The molecule has 0 amide bonds. The Bertz CT molecular complexity index is 401. The molecule has 0 aromatic rings. The van der Waals surface area contributed by atoms with Crippen molar-refractivity contribution < 1.29 is 4.79 Å². The van der Waals surface area contributed by atoms with Crippen LogP contribution in [0.25, 0.3) is 0 Å². The first-order valence-electron chi connectivity index (χ1n) is 5.25. The van der Waals surface area contributed by atoms with Gasteiger partial charge in [0.25, 0.3) is 0 Å². The maximum Gasteiger partial charge on any atom is 0.175 e. The fourth-order valence-electron chi connectivity index (χ4n) is 2.04. The Hall–Kier alpha value is -0.760. The van der Waals surface area contributed by atoms with Crippen LogP contribution in [0.2, 0.25) is 0 Å². The monoisotopic (exact) mass is 220 g/mol. The molecule has 0 radical (unpaired) electrons. The quantitative estimate of drug-likeness (QED) is 0.583. The first kappa shape index (κ1) is 10.7. The van der Waals surface area contributed by atoms with Crippen molar-refractivity contribution in [1.29, 1.82) is 0 Å². The van der Waals surface area contributed by atoms with Gasteiger partial charge in [-0.1, -0.05) is 28.9 Å². The van der Waals surface area contributed by atoms with Crippen LogP contribution >= 0.6 is 11.8 Å². The Labute approximate surface area is 95.3 Å². The van der Waals surface area contributed by atoms with Crippen molar-refractivity contribution >= 4 is 17.5 Å². The Morgan fingerprint density at radius 1 is 1.20 bits per heavy atom. The summed E-state index contributed by atoms with van der Waals surface area (Å²) in [6, 6.07) is 0. The van der Waals surface area contributed by atoms with E-state index in [0.29, 0.717) is 0 Å². The summed E-state index contributed by atoms with van der Waals surface area (Å²) in [6.45, 7) is 6.37. The lowest BCUT2D eigenvalue weighted by Crippen LogP contribution is -2.36. The molecule has 0 N–H and O–H groups in total. The van der Waals surface area contributed by atoms with Gasteiger partial charge in [0.05, 0.1) is 0 Å². The van der Waals surface area contributed by atoms with E-state index in [4.69, 9.17) is 0 Å². The topological polar surface area (TPSA) is 17.1 Å². The number of carbonyl (C=O) groups excluding carboxylic acids is 1. The van der Waals surface area contributed by atoms with Crippen LogP contribution in [0.5, 0.6) is 0 Å². The minimum atomic E-state index is -0.289. The van der Waals surface area contributed by atoms with Crippen molar-refractivity contribution in [3.63, 3.8) is 0 Å². The van der Waals surface area contributed by atoms with Crippen molar-refractivity contribution in [1.82, 2.24) is 0 Å². The van der Waals surface area contributed by atoms with Gasteiger partial charge < -0.3 is 0 Å². The molecule has 0 saturated heterocycles. The van der Waals surface area contributed by atoms with Gasteiger partial charge in [-0.05, 0) is 33.3 Å². The standard InChI is InChI=1S/C13H16OS/c1-9-4-5-12(14)13(6-9)7-10(2)11(3)8-15-13/h4-6H,7-8H2,1-3H3. The number of hydrogen-bond donors (Lipinski definition) is 0. The second-order valence-corrected chi connectivity index (χ2v) is 5.81. The third-order valence-electron chi connectivity index (χ3n) is 3.18. The highest BCUT2D eigenvalue weighted by atomic mass is 32.2. The summed E-state index contributed by atoms with van der Waals surface area (Å²) >= 11 is 1.78. The minimum absolute atomic E-state index is 0.255. The molecule has 0 bridgehead atoms. The third-order valence-corrected chi connectivity index (χ3v) is 4.73. The van der Waals surface area contributed by atoms with Crippen LogP contribution < -0.4 is 0 Å². The summed E-state index contributed by atoms with van der Waals surface area (Å²) in [5.41, 5.74) is 4.01. The molecule has 0 aromatic carbocycles. The maximum atomic E-state index is 12.0. The van der Waals surface area contributed by atoms with Crippen LogP contribution in [-0.4, -0.2) is 16.3 Å². The van der Waals surface area contributed by atoms with E-state index in [1.807, 2.05) is 6.08 Å². The van der Waals surface area contributed by atoms with Crippen LogP contribution in [-0.2, 0) is 4.79 Å². The Kier molecular flexibility index (Phi) is 2.63. The average Bonchev–Trinajstić information content (AvgIpc) is 2.19. The molecule has 2 rings (SSSR count). The molecule has 0 aromatic heterocycles. The van der Waals surface area contributed by atoms with Gasteiger partial charge in [0, 0.05) is 5.75 Å². The van der Waals surface area contributed by atoms with Gasteiger partial charge in [0.1, 0.15) is 4.75 Å². The lowest BCUT2D eigenvalue weighted by molar-refractivity contribution is -0.115. The van der Waals surface area contributed by atoms with Gasteiger partial charge in [-0.25, -0.2) is 0 Å². The largest absolute Gasteiger partial charge is 0.293 e. The van der Waals surface area contributed by atoms with E-state index in [1.165, 1.54) is 16.7 Å². The molecule has 2 aliphatic rings. The lowest BCUT2D eigenvalue weighted by Gasteiger charge is -2.35. The average molecular weight is 220 g/mol. The summed E-state index contributed by atoms with van der Waals surface area (Å²) in [7, 11) is 0. The highest BCUT2D eigenvalue weighted by molar-refractivity contribution is 8.01. The number of allylic oxidation sites excluding steroid dienone is 4. The van der Waals surface area contributed by atoms with Gasteiger partial charge in [0.2, 0.25) is 0 Å². The molecule has 0 fully saturated rings. The highest BCUT2D eigenvalue weighted by Gasteiger charge is 2.39. The zero-order valence-electron chi connectivity index (χ0n) is 9.46. The summed E-state index contributed by atoms with van der Waals surface area (Å²) in [6.07, 6.45) is 6.66. The zero-order valence-corrected chi connectivity index (χ0v) is 10.3. The first-order chi connectivity index (χ1) is 7.03. The van der Waals surface area contributed by atoms with E-state index in [0.717, 1.165) is 12.2 Å². The minimum Gasteiger partial charge on any atom is -0.293 e. The molecule has 80 valence electrons. The van der Waals surface area contributed by atoms with Gasteiger partial charge in [-0.2, -0.15) is 0 Å². The lowest BCUT2D eigenvalue weighted by atomic mass is 9.87. The zero-order chi connectivity index (χ0) is 11.1. The second-order valence-electron chi connectivity index (χ2n) is 4.50. The van der Waals surface area contributed by atoms with Crippen LogP contribution in [0.3, 0.4) is 0 Å². The number of ketones is 1. The Balaban J connectivity index is 2.37. The molecule has 0 saturated carbocycles. The van der Waals surface area contributed by atoms with Crippen molar-refractivity contribution in [2.45, 2.75) is 31.9 Å². The van der Waals surface area contributed by atoms with Crippen LogP contribution in [0.4, 0.5) is 0 Å². The van der Waals surface area contributed by atoms with Gasteiger partial charge in [-0.15, -0.1) is 11.8 Å². The van der Waals surface area contributed by atoms with Gasteiger partial charge in [0.15, 0.2) is 5.78 Å². The van der Waals surface area contributed by atoms with Crippen molar-refractivity contribution in [2.75, 3.05) is 5.75 Å². The SMILES string of the molecule is CC1=CC2(CC(C)=C(C)CS2)C(=O)C=C1. The molecule has 1 atom stereocenters. The molecular formula is C13H16OS. The number of hydrogen-bond acceptors (Lipinski definition) is 2. The number of rotatable bonds is 0. The molecule has 1 aliphatic carbocycles. The molecule has 1 nitrogen and oxygen atoms in total. The highest BCUT2D eigenvalue weighted by Crippen LogP contribution is 2.43. The van der Waals surface area contributed by atoms with E-state index < -0.39 is 0 Å². The molecule has 2 heteroatoms. The molecule has 15 heavy (non-hydrogen) atoms. The third kappa shape index (κ3) is 1.83. The fourth-order valence-corrected chi connectivity index (χ4v) is 3.56. The van der Waals surface area contributed by atoms with Crippen molar-refractivity contribution in [2.24, 2.45) is 0 Å². The molecule has 1 aliphatic heterocycles. The van der Waals surface area contributed by atoms with E-state index in [2.05, 4.69) is 26.8 Å². The van der Waals surface area contributed by atoms with E-state index in [-0.39, 0.29) is 10.5 Å². The van der Waals surface area contributed by atoms with E-state index in [1.54, 1.807) is 17.8 Å². The van der Waals surface area contributed by atoms with Crippen LogP contribution in [0.1, 0.15) is 27.2 Å². The molecule has 1 heterocycles. The summed E-state index contributed by atoms with van der Waals surface area (Å²) in [5.74, 6) is 1.24. The van der Waals surface area contributed by atoms with Crippen LogP contribution in [0.15, 0.2) is 34.9 Å². The molecular weight excluding hydrogens is 204 g/mol. The van der Waals surface area contributed by atoms with Crippen LogP contribution in [0, 0.1) is 0 Å². The first-order valence-corrected chi connectivity index (χ1v) is 6.23. The summed E-state index contributed by atoms with van der Waals surface area (Å²) in [5, 5.41) is 0. The smallest absolute Gasteiger partial charge is 0.175 e. The summed E-state index contributed by atoms with van der Waals surface area (Å²) in [4.78, 5) is 12.0. The predicted molar refractivity (Wildman–Crippen MR) is 66.1 cm³/mol. The maximum absolute atomic E-state index is 12.0. The Morgan fingerprint density at radius 2 is 1.93 bits per heavy atom.